The fourth-order valence-electron chi connectivity index (χ4n) is 2.59. The van der Waals surface area contributed by atoms with Gasteiger partial charge in [0, 0.05) is 25.5 Å². The fraction of sp³-hybridized carbons (Fsp3) is 0.812. The molecule has 0 saturated heterocycles. The lowest BCUT2D eigenvalue weighted by molar-refractivity contribution is -0.0738. The molecule has 2 rings (SSSR count). The first kappa shape index (κ1) is 15.5. The standard InChI is InChI=1S/C16H28N2O2/c1-15(2,3)18-10-5-7-14-17-12-13(20-14)11-16(19-4)8-6-9-16/h12,18H,5-11H2,1-4H3. The van der Waals surface area contributed by atoms with E-state index < -0.39 is 0 Å². The maximum atomic E-state index is 5.83. The lowest BCUT2D eigenvalue weighted by Gasteiger charge is -2.39. The topological polar surface area (TPSA) is 47.3 Å². The average Bonchev–Trinajstić information content (AvgIpc) is 2.76. The molecule has 1 fully saturated rings. The number of aromatic nitrogens is 1. The van der Waals surface area contributed by atoms with Crippen LogP contribution in [0.4, 0.5) is 0 Å². The van der Waals surface area contributed by atoms with E-state index >= 15 is 0 Å². The van der Waals surface area contributed by atoms with Gasteiger partial charge in [-0.2, -0.15) is 0 Å². The molecule has 0 atom stereocenters. The maximum absolute atomic E-state index is 5.83. The molecule has 1 saturated carbocycles. The minimum atomic E-state index is 0.0184. The van der Waals surface area contributed by atoms with E-state index in [0.717, 1.165) is 50.3 Å². The molecular weight excluding hydrogens is 252 g/mol. The van der Waals surface area contributed by atoms with Crippen molar-refractivity contribution in [1.29, 1.82) is 0 Å². The van der Waals surface area contributed by atoms with Gasteiger partial charge in [0.2, 0.25) is 0 Å². The van der Waals surface area contributed by atoms with Crippen LogP contribution in [0.3, 0.4) is 0 Å². The Morgan fingerprint density at radius 3 is 2.70 bits per heavy atom. The molecule has 1 heterocycles. The Balaban J connectivity index is 1.75. The van der Waals surface area contributed by atoms with E-state index in [1.54, 1.807) is 7.11 Å². The lowest BCUT2D eigenvalue weighted by atomic mass is 9.77. The van der Waals surface area contributed by atoms with Crippen LogP contribution in [0.2, 0.25) is 0 Å². The van der Waals surface area contributed by atoms with Gasteiger partial charge < -0.3 is 14.5 Å². The molecule has 0 aromatic carbocycles. The van der Waals surface area contributed by atoms with Crippen molar-refractivity contribution in [2.24, 2.45) is 0 Å². The van der Waals surface area contributed by atoms with Gasteiger partial charge in [0.05, 0.1) is 11.8 Å². The van der Waals surface area contributed by atoms with Gasteiger partial charge >= 0.3 is 0 Å². The first-order chi connectivity index (χ1) is 9.42. The van der Waals surface area contributed by atoms with Crippen molar-refractivity contribution in [3.63, 3.8) is 0 Å². The van der Waals surface area contributed by atoms with Crippen LogP contribution < -0.4 is 5.32 Å². The summed E-state index contributed by atoms with van der Waals surface area (Å²) in [5.74, 6) is 1.81. The van der Waals surface area contributed by atoms with Crippen LogP contribution in [-0.2, 0) is 17.6 Å². The molecule has 0 spiro atoms. The SMILES string of the molecule is COC1(Cc2cnc(CCCNC(C)(C)C)o2)CCC1. The van der Waals surface area contributed by atoms with Crippen LogP contribution in [0.5, 0.6) is 0 Å². The van der Waals surface area contributed by atoms with Crippen molar-refractivity contribution >= 4 is 0 Å². The molecule has 1 aromatic rings. The summed E-state index contributed by atoms with van der Waals surface area (Å²) < 4.78 is 11.5. The summed E-state index contributed by atoms with van der Waals surface area (Å²) in [5.41, 5.74) is 0.196. The predicted octanol–water partition coefficient (Wildman–Crippen LogP) is 3.11. The Morgan fingerprint density at radius 1 is 1.40 bits per heavy atom. The van der Waals surface area contributed by atoms with Gasteiger partial charge in [-0.15, -0.1) is 0 Å². The van der Waals surface area contributed by atoms with E-state index in [0.29, 0.717) is 0 Å². The summed E-state index contributed by atoms with van der Waals surface area (Å²) in [6, 6.07) is 0. The highest BCUT2D eigenvalue weighted by molar-refractivity contribution is 5.04. The monoisotopic (exact) mass is 280 g/mol. The Bertz CT molecular complexity index is 411. The van der Waals surface area contributed by atoms with Gasteiger partial charge in [0.25, 0.3) is 0 Å². The number of aryl methyl sites for hydroxylation is 1. The molecule has 4 heteroatoms. The van der Waals surface area contributed by atoms with Gasteiger partial charge in [-0.1, -0.05) is 0 Å². The molecule has 0 radical (unpaired) electrons. The van der Waals surface area contributed by atoms with Gasteiger partial charge in [0.15, 0.2) is 5.89 Å². The number of hydrogen-bond donors (Lipinski definition) is 1. The Kier molecular flexibility index (Phi) is 4.86. The number of hydrogen-bond acceptors (Lipinski definition) is 4. The van der Waals surface area contributed by atoms with Crippen molar-refractivity contribution < 1.29 is 9.15 Å². The number of oxazole rings is 1. The summed E-state index contributed by atoms with van der Waals surface area (Å²) in [5, 5.41) is 3.48. The van der Waals surface area contributed by atoms with Crippen LogP contribution >= 0.6 is 0 Å². The van der Waals surface area contributed by atoms with Gasteiger partial charge in [0.1, 0.15) is 5.76 Å². The number of nitrogens with zero attached hydrogens (tertiary/aromatic N) is 1. The first-order valence-electron chi connectivity index (χ1n) is 7.66. The molecule has 4 nitrogen and oxygen atoms in total. The quantitative estimate of drug-likeness (QED) is 0.780. The Labute approximate surface area is 122 Å². The van der Waals surface area contributed by atoms with E-state index in [1.165, 1.54) is 6.42 Å². The molecule has 20 heavy (non-hydrogen) atoms. The molecule has 1 N–H and O–H groups in total. The molecule has 1 aromatic heterocycles. The zero-order valence-electron chi connectivity index (χ0n) is 13.3. The van der Waals surface area contributed by atoms with Crippen LogP contribution in [0, 0.1) is 0 Å². The van der Waals surface area contributed by atoms with Crippen LogP contribution in [0.1, 0.15) is 58.1 Å². The predicted molar refractivity (Wildman–Crippen MR) is 79.9 cm³/mol. The normalized spacial score (nSPS) is 18.0. The third-order valence-electron chi connectivity index (χ3n) is 4.02. The molecule has 0 aliphatic heterocycles. The van der Waals surface area contributed by atoms with Crippen molar-refractivity contribution in [2.45, 2.75) is 70.4 Å². The summed E-state index contributed by atoms with van der Waals surface area (Å²) in [4.78, 5) is 4.38. The molecule has 0 amide bonds. The zero-order chi connectivity index (χ0) is 14.6. The highest BCUT2D eigenvalue weighted by Gasteiger charge is 2.38. The van der Waals surface area contributed by atoms with Crippen LogP contribution in [0.25, 0.3) is 0 Å². The second kappa shape index (κ2) is 6.27. The second-order valence-corrected chi connectivity index (χ2v) is 6.92. The largest absolute Gasteiger partial charge is 0.446 e. The van der Waals surface area contributed by atoms with E-state index in [1.807, 2.05) is 6.20 Å². The third-order valence-corrected chi connectivity index (χ3v) is 4.02. The molecule has 114 valence electrons. The zero-order valence-corrected chi connectivity index (χ0v) is 13.3. The van der Waals surface area contributed by atoms with Crippen molar-refractivity contribution in [2.75, 3.05) is 13.7 Å². The van der Waals surface area contributed by atoms with Crippen LogP contribution in [-0.4, -0.2) is 29.8 Å². The number of ether oxygens (including phenoxy) is 1. The third kappa shape index (κ3) is 4.32. The average molecular weight is 280 g/mol. The van der Waals surface area contributed by atoms with Crippen molar-refractivity contribution in [3.8, 4) is 0 Å². The lowest BCUT2D eigenvalue weighted by Crippen LogP contribution is -2.41. The fourth-order valence-corrected chi connectivity index (χ4v) is 2.59. The summed E-state index contributed by atoms with van der Waals surface area (Å²) in [6.45, 7) is 7.53. The molecular formula is C16H28N2O2. The Morgan fingerprint density at radius 2 is 2.15 bits per heavy atom. The minimum absolute atomic E-state index is 0.0184. The minimum Gasteiger partial charge on any atom is -0.446 e. The van der Waals surface area contributed by atoms with E-state index in [9.17, 15) is 0 Å². The smallest absolute Gasteiger partial charge is 0.194 e. The summed E-state index contributed by atoms with van der Waals surface area (Å²) in [6.07, 6.45) is 8.19. The van der Waals surface area contributed by atoms with Crippen LogP contribution in [0.15, 0.2) is 10.6 Å². The Hall–Kier alpha value is -0.870. The number of nitrogens with one attached hydrogen (secondary N) is 1. The first-order valence-corrected chi connectivity index (χ1v) is 7.66. The van der Waals surface area contributed by atoms with E-state index in [-0.39, 0.29) is 11.1 Å². The van der Waals surface area contributed by atoms with Crippen molar-refractivity contribution in [1.82, 2.24) is 10.3 Å². The van der Waals surface area contributed by atoms with Gasteiger partial charge in [-0.3, -0.25) is 0 Å². The molecule has 1 aliphatic rings. The van der Waals surface area contributed by atoms with Gasteiger partial charge in [-0.25, -0.2) is 4.98 Å². The van der Waals surface area contributed by atoms with Crippen molar-refractivity contribution in [3.05, 3.63) is 17.8 Å². The molecule has 0 unspecified atom stereocenters. The maximum Gasteiger partial charge on any atom is 0.194 e. The second-order valence-electron chi connectivity index (χ2n) is 6.92. The molecule has 1 aliphatic carbocycles. The number of rotatable bonds is 7. The highest BCUT2D eigenvalue weighted by Crippen LogP contribution is 2.38. The van der Waals surface area contributed by atoms with Gasteiger partial charge in [-0.05, 0) is 53.0 Å². The highest BCUT2D eigenvalue weighted by atomic mass is 16.5. The summed E-state index contributed by atoms with van der Waals surface area (Å²) in [7, 11) is 1.80. The van der Waals surface area contributed by atoms with E-state index in [2.05, 4.69) is 31.1 Å². The molecule has 0 bridgehead atoms. The van der Waals surface area contributed by atoms with E-state index in [4.69, 9.17) is 9.15 Å². The summed E-state index contributed by atoms with van der Waals surface area (Å²) >= 11 is 0. The number of methoxy groups -OCH3 is 1.